The van der Waals surface area contributed by atoms with Crippen molar-refractivity contribution >= 4 is 28.9 Å². The monoisotopic (exact) mass is 388 g/mol. The number of fused-ring (bicyclic) bond motifs is 1. The van der Waals surface area contributed by atoms with E-state index in [2.05, 4.69) is 30.3 Å². The van der Waals surface area contributed by atoms with Gasteiger partial charge in [0.1, 0.15) is 5.82 Å². The average molecular weight is 388 g/mol. The van der Waals surface area contributed by atoms with Crippen LogP contribution in [0, 0.1) is 6.92 Å². The lowest BCUT2D eigenvalue weighted by atomic mass is 10.2. The molecule has 0 unspecified atom stereocenters. The largest absolute Gasteiger partial charge is 0.379 e. The van der Waals surface area contributed by atoms with Crippen LogP contribution in [0.5, 0.6) is 0 Å². The van der Waals surface area contributed by atoms with Gasteiger partial charge in [0.05, 0.1) is 18.9 Å². The van der Waals surface area contributed by atoms with Crippen LogP contribution in [0.1, 0.15) is 26.8 Å². The van der Waals surface area contributed by atoms with E-state index >= 15 is 0 Å². The predicted octanol–water partition coefficient (Wildman–Crippen LogP) is 1.39. The van der Waals surface area contributed by atoms with E-state index in [9.17, 15) is 4.79 Å². The van der Waals surface area contributed by atoms with Crippen LogP contribution in [0.25, 0.3) is 0 Å². The van der Waals surface area contributed by atoms with Crippen LogP contribution >= 0.6 is 11.3 Å². The number of aromatic nitrogens is 3. The fraction of sp³-hybridized carbons (Fsp3) is 0.556. The second kappa shape index (κ2) is 8.28. The molecule has 9 heteroatoms. The highest BCUT2D eigenvalue weighted by molar-refractivity contribution is 7.14. The molecule has 2 aromatic rings. The summed E-state index contributed by atoms with van der Waals surface area (Å²) < 4.78 is 5.34. The number of morpholine rings is 1. The fourth-order valence-corrected chi connectivity index (χ4v) is 4.33. The average Bonchev–Trinajstić information content (AvgIpc) is 3.14. The third-order valence-corrected chi connectivity index (χ3v) is 5.89. The zero-order valence-corrected chi connectivity index (χ0v) is 16.3. The van der Waals surface area contributed by atoms with Gasteiger partial charge in [-0.2, -0.15) is 5.10 Å². The van der Waals surface area contributed by atoms with Gasteiger partial charge in [0, 0.05) is 37.6 Å². The molecule has 1 amide bonds. The van der Waals surface area contributed by atoms with E-state index in [0.29, 0.717) is 11.6 Å². The van der Waals surface area contributed by atoms with E-state index in [1.54, 1.807) is 0 Å². The molecule has 2 aromatic heterocycles. The van der Waals surface area contributed by atoms with Gasteiger partial charge in [0.2, 0.25) is 0 Å². The number of amides is 1. The highest BCUT2D eigenvalue weighted by atomic mass is 32.1. The minimum atomic E-state index is -0.0994. The van der Waals surface area contributed by atoms with Crippen molar-refractivity contribution in [2.24, 2.45) is 0 Å². The van der Waals surface area contributed by atoms with Gasteiger partial charge < -0.3 is 15.0 Å². The smallest absolute Gasteiger partial charge is 0.280 e. The van der Waals surface area contributed by atoms with E-state index < -0.39 is 0 Å². The van der Waals surface area contributed by atoms with E-state index in [4.69, 9.17) is 4.74 Å². The number of aryl methyl sites for hydroxylation is 2. The van der Waals surface area contributed by atoms with Crippen LogP contribution in [0.2, 0.25) is 0 Å². The lowest BCUT2D eigenvalue weighted by Gasteiger charge is -2.26. The van der Waals surface area contributed by atoms with Gasteiger partial charge in [-0.05, 0) is 31.9 Å². The van der Waals surface area contributed by atoms with Crippen molar-refractivity contribution in [1.82, 2.24) is 25.4 Å². The molecule has 27 heavy (non-hydrogen) atoms. The van der Waals surface area contributed by atoms with Gasteiger partial charge in [0.25, 0.3) is 5.91 Å². The summed E-state index contributed by atoms with van der Waals surface area (Å²) in [7, 11) is 0. The van der Waals surface area contributed by atoms with Crippen molar-refractivity contribution in [3.63, 3.8) is 0 Å². The van der Waals surface area contributed by atoms with Crippen LogP contribution in [-0.4, -0.2) is 71.9 Å². The molecule has 0 saturated carbocycles. The van der Waals surface area contributed by atoms with Crippen molar-refractivity contribution in [3.05, 3.63) is 27.7 Å². The molecule has 0 atom stereocenters. The molecule has 1 fully saturated rings. The Morgan fingerprint density at radius 1 is 1.26 bits per heavy atom. The molecule has 0 spiro atoms. The molecule has 1 saturated heterocycles. The summed E-state index contributed by atoms with van der Waals surface area (Å²) in [6.45, 7) is 7.60. The van der Waals surface area contributed by atoms with Crippen molar-refractivity contribution < 1.29 is 9.53 Å². The first kappa shape index (κ1) is 18.3. The minimum Gasteiger partial charge on any atom is -0.379 e. The molecule has 0 radical (unpaired) electrons. The lowest BCUT2D eigenvalue weighted by Crippen LogP contribution is -2.41. The van der Waals surface area contributed by atoms with E-state index in [1.807, 2.05) is 19.1 Å². The number of hydrogen-bond acceptors (Lipinski definition) is 8. The van der Waals surface area contributed by atoms with Gasteiger partial charge >= 0.3 is 0 Å². The Kier molecular flexibility index (Phi) is 5.61. The second-order valence-corrected chi connectivity index (χ2v) is 7.85. The number of nitrogens with zero attached hydrogens (tertiary/aromatic N) is 5. The van der Waals surface area contributed by atoms with Crippen molar-refractivity contribution in [3.8, 4) is 0 Å². The SMILES string of the molecule is Cc1ccc(N2CCCc3sc(C(=O)NCCN4CCOCC4)nc32)nn1. The molecule has 1 N–H and O–H groups in total. The third kappa shape index (κ3) is 4.26. The molecular weight excluding hydrogens is 364 g/mol. The quantitative estimate of drug-likeness (QED) is 0.829. The summed E-state index contributed by atoms with van der Waals surface area (Å²) in [6, 6.07) is 3.90. The van der Waals surface area contributed by atoms with Gasteiger partial charge in [0.15, 0.2) is 10.8 Å². The Morgan fingerprint density at radius 3 is 2.89 bits per heavy atom. The maximum absolute atomic E-state index is 12.5. The van der Waals surface area contributed by atoms with E-state index in [-0.39, 0.29) is 5.91 Å². The van der Waals surface area contributed by atoms with E-state index in [0.717, 1.165) is 74.4 Å². The molecule has 4 rings (SSSR count). The first-order valence-corrected chi connectivity index (χ1v) is 10.2. The van der Waals surface area contributed by atoms with Gasteiger partial charge in [-0.3, -0.25) is 9.69 Å². The van der Waals surface area contributed by atoms with Crippen LogP contribution in [-0.2, 0) is 11.2 Å². The van der Waals surface area contributed by atoms with Crippen LogP contribution in [0.4, 0.5) is 11.6 Å². The Hall–Kier alpha value is -2.10. The van der Waals surface area contributed by atoms with Gasteiger partial charge in [-0.25, -0.2) is 4.98 Å². The number of thiazole rings is 1. The minimum absolute atomic E-state index is 0.0994. The second-order valence-electron chi connectivity index (χ2n) is 6.76. The molecule has 4 heterocycles. The van der Waals surface area contributed by atoms with Crippen LogP contribution in [0.15, 0.2) is 12.1 Å². The molecule has 0 aromatic carbocycles. The zero-order chi connectivity index (χ0) is 18.6. The summed E-state index contributed by atoms with van der Waals surface area (Å²) in [6.07, 6.45) is 1.96. The zero-order valence-electron chi connectivity index (χ0n) is 15.5. The highest BCUT2D eigenvalue weighted by Gasteiger charge is 2.26. The van der Waals surface area contributed by atoms with Crippen molar-refractivity contribution in [2.45, 2.75) is 19.8 Å². The summed E-state index contributed by atoms with van der Waals surface area (Å²) in [5.74, 6) is 1.53. The summed E-state index contributed by atoms with van der Waals surface area (Å²) in [5.41, 5.74) is 0.884. The maximum atomic E-state index is 12.5. The molecular formula is C18H24N6O2S. The van der Waals surface area contributed by atoms with Crippen molar-refractivity contribution in [1.29, 1.82) is 0 Å². The summed E-state index contributed by atoms with van der Waals surface area (Å²) in [5, 5.41) is 11.9. The molecule has 144 valence electrons. The standard InChI is InChI=1S/C18H24N6O2S/c1-13-4-5-15(22-21-13)24-7-2-3-14-16(24)20-18(27-14)17(25)19-6-8-23-9-11-26-12-10-23/h4-5H,2-3,6-12H2,1H3,(H,19,25). The van der Waals surface area contributed by atoms with Gasteiger partial charge in [-0.15, -0.1) is 16.4 Å². The number of carbonyl (C=O) groups excluding carboxylic acids is 1. The highest BCUT2D eigenvalue weighted by Crippen LogP contribution is 2.35. The van der Waals surface area contributed by atoms with Crippen molar-refractivity contribution in [2.75, 3.05) is 50.8 Å². The number of carbonyl (C=O) groups is 1. The lowest BCUT2D eigenvalue weighted by molar-refractivity contribution is 0.0383. The molecule has 0 bridgehead atoms. The Morgan fingerprint density at radius 2 is 2.11 bits per heavy atom. The number of anilines is 2. The first-order valence-electron chi connectivity index (χ1n) is 9.36. The Labute approximate surface area is 162 Å². The fourth-order valence-electron chi connectivity index (χ4n) is 3.31. The molecule has 2 aliphatic rings. The number of rotatable bonds is 5. The first-order chi connectivity index (χ1) is 13.2. The summed E-state index contributed by atoms with van der Waals surface area (Å²) >= 11 is 1.48. The number of ether oxygens (including phenoxy) is 1. The molecule has 0 aliphatic carbocycles. The van der Waals surface area contributed by atoms with Crippen LogP contribution < -0.4 is 10.2 Å². The third-order valence-electron chi connectivity index (χ3n) is 4.79. The number of hydrogen-bond donors (Lipinski definition) is 1. The topological polar surface area (TPSA) is 83.5 Å². The molecule has 8 nitrogen and oxygen atoms in total. The number of nitrogens with one attached hydrogen (secondary N) is 1. The summed E-state index contributed by atoms with van der Waals surface area (Å²) in [4.78, 5) is 22.7. The van der Waals surface area contributed by atoms with Gasteiger partial charge in [-0.1, -0.05) is 0 Å². The Balaban J connectivity index is 1.41. The normalized spacial score (nSPS) is 17.6. The van der Waals surface area contributed by atoms with E-state index in [1.165, 1.54) is 11.3 Å². The Bertz CT molecular complexity index is 788. The predicted molar refractivity (Wildman–Crippen MR) is 104 cm³/mol. The maximum Gasteiger partial charge on any atom is 0.280 e. The molecule has 2 aliphatic heterocycles. The van der Waals surface area contributed by atoms with Crippen LogP contribution in [0.3, 0.4) is 0 Å².